The first kappa shape index (κ1) is 19.1. The smallest absolute Gasteiger partial charge is 0.414 e. The maximum absolute atomic E-state index is 14.7. The van der Waals surface area contributed by atoms with Crippen molar-refractivity contribution in [3.8, 4) is 16.3 Å². The van der Waals surface area contributed by atoms with Gasteiger partial charge in [0.2, 0.25) is 0 Å². The van der Waals surface area contributed by atoms with Gasteiger partial charge in [0.1, 0.15) is 22.2 Å². The fourth-order valence-electron chi connectivity index (χ4n) is 2.50. The number of hydrogen-bond acceptors (Lipinski definition) is 5. The van der Waals surface area contributed by atoms with Crippen molar-refractivity contribution in [2.45, 2.75) is 26.4 Å². The third-order valence-electron chi connectivity index (χ3n) is 3.82. The Kier molecular flexibility index (Phi) is 5.06. The summed E-state index contributed by atoms with van der Waals surface area (Å²) in [7, 11) is 3.09. The summed E-state index contributed by atoms with van der Waals surface area (Å²) in [6.07, 6.45) is -0.610. The van der Waals surface area contributed by atoms with Gasteiger partial charge in [-0.15, -0.1) is 11.3 Å². The zero-order valence-electron chi connectivity index (χ0n) is 15.9. The Morgan fingerprint density at radius 1 is 1.19 bits per heavy atom. The highest BCUT2D eigenvalue weighted by molar-refractivity contribution is 7.21. The van der Waals surface area contributed by atoms with E-state index in [-0.39, 0.29) is 5.69 Å². The van der Waals surface area contributed by atoms with Crippen LogP contribution >= 0.6 is 11.3 Å². The van der Waals surface area contributed by atoms with Crippen molar-refractivity contribution in [2.75, 3.05) is 19.1 Å². The zero-order valence-corrected chi connectivity index (χ0v) is 16.7. The monoisotopic (exact) mass is 388 g/mol. The Hall–Kier alpha value is -2.67. The molecule has 0 N–H and O–H groups in total. The fraction of sp³-hybridized carbons (Fsp3) is 0.300. The van der Waals surface area contributed by atoms with Gasteiger partial charge in [-0.05, 0) is 57.2 Å². The van der Waals surface area contributed by atoms with Crippen molar-refractivity contribution in [3.05, 3.63) is 42.2 Å². The molecule has 27 heavy (non-hydrogen) atoms. The minimum absolute atomic E-state index is 0.149. The van der Waals surface area contributed by atoms with Crippen LogP contribution in [-0.2, 0) is 4.74 Å². The number of carbonyl (C=O) groups excluding carboxylic acids is 1. The molecular formula is C20H21FN2O3S. The number of fused-ring (bicyclic) bond motifs is 1. The van der Waals surface area contributed by atoms with Gasteiger partial charge in [-0.25, -0.2) is 14.2 Å². The van der Waals surface area contributed by atoms with Crippen molar-refractivity contribution in [1.29, 1.82) is 0 Å². The molecule has 0 unspecified atom stereocenters. The van der Waals surface area contributed by atoms with Gasteiger partial charge in [0.25, 0.3) is 0 Å². The Morgan fingerprint density at radius 2 is 1.93 bits per heavy atom. The number of aromatic nitrogens is 1. The predicted molar refractivity (Wildman–Crippen MR) is 106 cm³/mol. The topological polar surface area (TPSA) is 51.7 Å². The maximum Gasteiger partial charge on any atom is 0.414 e. The molecule has 2 aromatic carbocycles. The van der Waals surface area contributed by atoms with Crippen molar-refractivity contribution < 1.29 is 18.7 Å². The highest BCUT2D eigenvalue weighted by Gasteiger charge is 2.22. The van der Waals surface area contributed by atoms with Crippen LogP contribution in [0.25, 0.3) is 20.8 Å². The lowest BCUT2D eigenvalue weighted by Gasteiger charge is -2.25. The first-order valence-electron chi connectivity index (χ1n) is 8.39. The number of methoxy groups -OCH3 is 1. The van der Waals surface area contributed by atoms with E-state index in [1.807, 2.05) is 18.2 Å². The number of halogens is 1. The SMILES string of the molecule is COc1ccc2nc(-c3ccc(N(C)C(=O)OC(C)(C)C)c(F)c3)sc2c1. The number of carbonyl (C=O) groups is 1. The summed E-state index contributed by atoms with van der Waals surface area (Å²) in [6, 6.07) is 10.3. The number of nitrogens with zero attached hydrogens (tertiary/aromatic N) is 2. The molecule has 0 bridgehead atoms. The predicted octanol–water partition coefficient (Wildman–Crippen LogP) is 5.48. The number of anilines is 1. The highest BCUT2D eigenvalue weighted by atomic mass is 32.1. The number of amides is 1. The van der Waals surface area contributed by atoms with Gasteiger partial charge in [0.15, 0.2) is 0 Å². The molecule has 0 spiro atoms. The molecule has 5 nitrogen and oxygen atoms in total. The van der Waals surface area contributed by atoms with Gasteiger partial charge in [-0.2, -0.15) is 0 Å². The number of thiazole rings is 1. The minimum Gasteiger partial charge on any atom is -0.497 e. The number of ether oxygens (including phenoxy) is 2. The molecular weight excluding hydrogens is 367 g/mol. The van der Waals surface area contributed by atoms with E-state index < -0.39 is 17.5 Å². The van der Waals surface area contributed by atoms with Gasteiger partial charge in [0.05, 0.1) is 23.0 Å². The standard InChI is InChI=1S/C20H21FN2O3S/c1-20(2,3)26-19(24)23(4)16-9-6-12(10-14(16)21)18-22-15-8-7-13(25-5)11-17(15)27-18/h6-11H,1-5H3. The van der Waals surface area contributed by atoms with Gasteiger partial charge < -0.3 is 9.47 Å². The summed E-state index contributed by atoms with van der Waals surface area (Å²) in [5.41, 5.74) is 0.972. The lowest BCUT2D eigenvalue weighted by molar-refractivity contribution is 0.0588. The normalized spacial score (nSPS) is 11.5. The second-order valence-electron chi connectivity index (χ2n) is 7.06. The molecule has 1 aromatic heterocycles. The second-order valence-corrected chi connectivity index (χ2v) is 8.09. The van der Waals surface area contributed by atoms with Crippen LogP contribution in [0.2, 0.25) is 0 Å². The minimum atomic E-state index is -0.649. The van der Waals surface area contributed by atoms with Crippen molar-refractivity contribution in [3.63, 3.8) is 0 Å². The average Bonchev–Trinajstić information content (AvgIpc) is 3.02. The van der Waals surface area contributed by atoms with Gasteiger partial charge >= 0.3 is 6.09 Å². The van der Waals surface area contributed by atoms with Crippen LogP contribution in [0, 0.1) is 5.82 Å². The molecule has 7 heteroatoms. The third kappa shape index (κ3) is 4.19. The largest absolute Gasteiger partial charge is 0.497 e. The molecule has 3 rings (SSSR count). The molecule has 0 saturated heterocycles. The first-order valence-corrected chi connectivity index (χ1v) is 9.21. The molecule has 0 saturated carbocycles. The van der Waals surface area contributed by atoms with Crippen LogP contribution < -0.4 is 9.64 Å². The highest BCUT2D eigenvalue weighted by Crippen LogP contribution is 2.34. The number of rotatable bonds is 3. The molecule has 0 aliphatic heterocycles. The van der Waals surface area contributed by atoms with Crippen LogP contribution in [0.5, 0.6) is 5.75 Å². The Bertz CT molecular complexity index is 995. The molecule has 142 valence electrons. The first-order chi connectivity index (χ1) is 12.7. The van der Waals surface area contributed by atoms with E-state index in [2.05, 4.69) is 4.98 Å². The Labute approximate surface area is 161 Å². The van der Waals surface area contributed by atoms with Crippen molar-refractivity contribution in [1.82, 2.24) is 4.98 Å². The zero-order chi connectivity index (χ0) is 19.8. The number of benzene rings is 2. The van der Waals surface area contributed by atoms with E-state index >= 15 is 0 Å². The summed E-state index contributed by atoms with van der Waals surface area (Å²) < 4.78 is 26.1. The quantitative estimate of drug-likeness (QED) is 0.596. The van der Waals surface area contributed by atoms with E-state index in [0.29, 0.717) is 10.6 Å². The summed E-state index contributed by atoms with van der Waals surface area (Å²) in [4.78, 5) is 17.9. The summed E-state index contributed by atoms with van der Waals surface area (Å²) in [6.45, 7) is 5.29. The summed E-state index contributed by atoms with van der Waals surface area (Å²) in [5, 5.41) is 0.698. The Morgan fingerprint density at radius 3 is 2.56 bits per heavy atom. The van der Waals surface area contributed by atoms with E-state index in [1.165, 1.54) is 24.5 Å². The molecule has 1 heterocycles. The van der Waals surface area contributed by atoms with Gasteiger partial charge in [-0.1, -0.05) is 0 Å². The molecule has 0 radical (unpaired) electrons. The molecule has 0 aliphatic carbocycles. The molecule has 0 aliphatic rings. The molecule has 0 fully saturated rings. The van der Waals surface area contributed by atoms with Crippen LogP contribution in [0.15, 0.2) is 36.4 Å². The van der Waals surface area contributed by atoms with E-state index in [4.69, 9.17) is 9.47 Å². The van der Waals surface area contributed by atoms with Crippen LogP contribution in [0.4, 0.5) is 14.9 Å². The van der Waals surface area contributed by atoms with Crippen LogP contribution in [0.1, 0.15) is 20.8 Å². The van der Waals surface area contributed by atoms with Crippen molar-refractivity contribution >= 4 is 33.3 Å². The maximum atomic E-state index is 14.7. The van der Waals surface area contributed by atoms with Gasteiger partial charge in [0, 0.05) is 12.6 Å². The lowest BCUT2D eigenvalue weighted by atomic mass is 10.2. The number of hydrogen-bond donors (Lipinski definition) is 0. The van der Waals surface area contributed by atoms with Gasteiger partial charge in [-0.3, -0.25) is 4.90 Å². The Balaban J connectivity index is 1.89. The molecule has 1 amide bonds. The summed E-state index contributed by atoms with van der Waals surface area (Å²) >= 11 is 1.45. The van der Waals surface area contributed by atoms with E-state index in [0.717, 1.165) is 20.9 Å². The average molecular weight is 388 g/mol. The molecule has 0 atom stereocenters. The lowest BCUT2D eigenvalue weighted by Crippen LogP contribution is -2.34. The van der Waals surface area contributed by atoms with Crippen LogP contribution in [0.3, 0.4) is 0 Å². The van der Waals surface area contributed by atoms with E-state index in [9.17, 15) is 9.18 Å². The van der Waals surface area contributed by atoms with Crippen LogP contribution in [-0.4, -0.2) is 30.8 Å². The second kappa shape index (κ2) is 7.15. The van der Waals surface area contributed by atoms with Crippen molar-refractivity contribution in [2.24, 2.45) is 0 Å². The summed E-state index contributed by atoms with van der Waals surface area (Å²) in [5.74, 6) is 0.232. The van der Waals surface area contributed by atoms with E-state index in [1.54, 1.807) is 40.0 Å². The fourth-order valence-corrected chi connectivity index (χ4v) is 3.49. The molecule has 3 aromatic rings. The third-order valence-corrected chi connectivity index (χ3v) is 4.89.